The first-order chi connectivity index (χ1) is 9.36. The number of para-hydroxylation sites is 1. The van der Waals surface area contributed by atoms with Crippen LogP contribution in [0.2, 0.25) is 0 Å². The molecule has 0 aliphatic rings. The third-order valence-electron chi connectivity index (χ3n) is 3.12. The highest BCUT2D eigenvalue weighted by molar-refractivity contribution is 5.81. The molecule has 3 rings (SSSR count). The third kappa shape index (κ3) is 2.38. The maximum absolute atomic E-state index is 5.34. The van der Waals surface area contributed by atoms with Crippen LogP contribution in [0, 0.1) is 0 Å². The van der Waals surface area contributed by atoms with Crippen LogP contribution >= 0.6 is 0 Å². The molecule has 0 spiro atoms. The Morgan fingerprint density at radius 1 is 1.21 bits per heavy atom. The summed E-state index contributed by atoms with van der Waals surface area (Å²) in [5.41, 5.74) is 3.25. The van der Waals surface area contributed by atoms with Gasteiger partial charge in [0.2, 0.25) is 0 Å². The molecule has 0 aliphatic carbocycles. The van der Waals surface area contributed by atoms with Crippen molar-refractivity contribution in [1.82, 2.24) is 10.2 Å². The average molecular weight is 253 g/mol. The van der Waals surface area contributed by atoms with Crippen LogP contribution in [-0.4, -0.2) is 17.3 Å². The lowest BCUT2D eigenvalue weighted by Gasteiger charge is -2.10. The Labute approximate surface area is 111 Å². The van der Waals surface area contributed by atoms with Gasteiger partial charge in [0, 0.05) is 23.2 Å². The molecule has 0 fully saturated rings. The molecular weight excluding hydrogens is 238 g/mol. The van der Waals surface area contributed by atoms with Crippen molar-refractivity contribution in [2.45, 2.75) is 6.54 Å². The molecule has 0 amide bonds. The number of benzene rings is 2. The molecule has 1 heterocycles. The molecule has 0 saturated heterocycles. The molecule has 0 aliphatic heterocycles. The molecule has 0 bridgehead atoms. The zero-order valence-electron chi connectivity index (χ0n) is 10.7. The van der Waals surface area contributed by atoms with E-state index in [1.807, 2.05) is 36.5 Å². The number of H-pyrrole nitrogens is 1. The Hall–Kier alpha value is -2.49. The Morgan fingerprint density at radius 3 is 3.00 bits per heavy atom. The van der Waals surface area contributed by atoms with Gasteiger partial charge in [0.15, 0.2) is 0 Å². The lowest BCUT2D eigenvalue weighted by molar-refractivity contribution is 0.410. The highest BCUT2D eigenvalue weighted by Gasteiger charge is 2.02. The summed E-state index contributed by atoms with van der Waals surface area (Å²) in [6.07, 6.45) is 1.82. The lowest BCUT2D eigenvalue weighted by atomic mass is 10.2. The molecule has 2 aromatic carbocycles. The van der Waals surface area contributed by atoms with E-state index in [9.17, 15) is 0 Å². The molecule has 0 saturated carbocycles. The van der Waals surface area contributed by atoms with Crippen LogP contribution in [0.4, 0.5) is 5.69 Å². The van der Waals surface area contributed by atoms with Gasteiger partial charge in [-0.15, -0.1) is 0 Å². The SMILES string of the molecule is COc1ccccc1CNc1ccc2[nH]ncc2c1. The second-order valence-corrected chi connectivity index (χ2v) is 4.34. The molecule has 2 N–H and O–H groups in total. The van der Waals surface area contributed by atoms with Gasteiger partial charge >= 0.3 is 0 Å². The van der Waals surface area contributed by atoms with E-state index in [1.165, 1.54) is 0 Å². The van der Waals surface area contributed by atoms with E-state index in [-0.39, 0.29) is 0 Å². The van der Waals surface area contributed by atoms with Crippen LogP contribution in [0.25, 0.3) is 10.9 Å². The number of rotatable bonds is 4. The fourth-order valence-corrected chi connectivity index (χ4v) is 2.10. The van der Waals surface area contributed by atoms with Gasteiger partial charge in [-0.3, -0.25) is 5.10 Å². The Bertz CT molecular complexity index is 690. The quantitative estimate of drug-likeness (QED) is 0.750. The standard InChI is InChI=1S/C15H15N3O/c1-19-15-5-3-2-4-11(15)9-16-13-6-7-14-12(8-13)10-17-18-14/h2-8,10,16H,9H2,1H3,(H,17,18). The van der Waals surface area contributed by atoms with Gasteiger partial charge in [-0.2, -0.15) is 5.10 Å². The van der Waals surface area contributed by atoms with Gasteiger partial charge in [-0.1, -0.05) is 18.2 Å². The molecular formula is C15H15N3O. The van der Waals surface area contributed by atoms with Crippen molar-refractivity contribution in [3.8, 4) is 5.75 Å². The van der Waals surface area contributed by atoms with E-state index in [1.54, 1.807) is 7.11 Å². The minimum Gasteiger partial charge on any atom is -0.496 e. The van der Waals surface area contributed by atoms with Crippen molar-refractivity contribution >= 4 is 16.6 Å². The number of fused-ring (bicyclic) bond motifs is 1. The summed E-state index contributed by atoms with van der Waals surface area (Å²) < 4.78 is 5.34. The van der Waals surface area contributed by atoms with Crippen LogP contribution in [0.3, 0.4) is 0 Å². The smallest absolute Gasteiger partial charge is 0.123 e. The second kappa shape index (κ2) is 5.02. The van der Waals surface area contributed by atoms with E-state index in [0.29, 0.717) is 0 Å². The summed E-state index contributed by atoms with van der Waals surface area (Å²) in [6.45, 7) is 0.730. The number of ether oxygens (including phenoxy) is 1. The van der Waals surface area contributed by atoms with Crippen LogP contribution < -0.4 is 10.1 Å². The van der Waals surface area contributed by atoms with Gasteiger partial charge in [0.25, 0.3) is 0 Å². The Balaban J connectivity index is 1.78. The molecule has 3 aromatic rings. The number of aromatic nitrogens is 2. The number of hydrogen-bond acceptors (Lipinski definition) is 3. The zero-order chi connectivity index (χ0) is 13.1. The third-order valence-corrected chi connectivity index (χ3v) is 3.12. The number of nitrogens with zero attached hydrogens (tertiary/aromatic N) is 1. The van der Waals surface area contributed by atoms with Crippen molar-refractivity contribution in [2.24, 2.45) is 0 Å². The molecule has 1 aromatic heterocycles. The van der Waals surface area contributed by atoms with Crippen LogP contribution in [0.5, 0.6) is 5.75 Å². The fraction of sp³-hybridized carbons (Fsp3) is 0.133. The molecule has 0 atom stereocenters. The largest absolute Gasteiger partial charge is 0.496 e. The predicted molar refractivity (Wildman–Crippen MR) is 76.4 cm³/mol. The number of hydrogen-bond donors (Lipinski definition) is 2. The number of methoxy groups -OCH3 is 1. The maximum atomic E-state index is 5.34. The highest BCUT2D eigenvalue weighted by Crippen LogP contribution is 2.21. The van der Waals surface area contributed by atoms with Crippen molar-refractivity contribution in [1.29, 1.82) is 0 Å². The lowest BCUT2D eigenvalue weighted by Crippen LogP contribution is -2.01. The van der Waals surface area contributed by atoms with Gasteiger partial charge in [0.05, 0.1) is 18.8 Å². The minimum absolute atomic E-state index is 0.730. The first-order valence-electron chi connectivity index (χ1n) is 6.16. The summed E-state index contributed by atoms with van der Waals surface area (Å²) in [5, 5.41) is 11.5. The molecule has 4 heteroatoms. The molecule has 19 heavy (non-hydrogen) atoms. The zero-order valence-corrected chi connectivity index (χ0v) is 10.7. The summed E-state index contributed by atoms with van der Waals surface area (Å²) in [6, 6.07) is 14.1. The van der Waals surface area contributed by atoms with Gasteiger partial charge in [-0.25, -0.2) is 0 Å². The second-order valence-electron chi connectivity index (χ2n) is 4.34. The summed E-state index contributed by atoms with van der Waals surface area (Å²) >= 11 is 0. The number of anilines is 1. The molecule has 0 radical (unpaired) electrons. The van der Waals surface area contributed by atoms with E-state index in [4.69, 9.17) is 4.74 Å². The summed E-state index contributed by atoms with van der Waals surface area (Å²) in [7, 11) is 1.69. The monoisotopic (exact) mass is 253 g/mol. The normalized spacial score (nSPS) is 10.6. The van der Waals surface area contributed by atoms with Crippen molar-refractivity contribution < 1.29 is 4.74 Å². The van der Waals surface area contributed by atoms with Crippen molar-refractivity contribution in [3.05, 3.63) is 54.2 Å². The maximum Gasteiger partial charge on any atom is 0.123 e. The van der Waals surface area contributed by atoms with E-state index in [2.05, 4.69) is 27.6 Å². The van der Waals surface area contributed by atoms with Crippen LogP contribution in [0.15, 0.2) is 48.7 Å². The summed E-state index contributed by atoms with van der Waals surface area (Å²) in [5.74, 6) is 0.902. The Morgan fingerprint density at radius 2 is 2.11 bits per heavy atom. The van der Waals surface area contributed by atoms with Gasteiger partial charge < -0.3 is 10.1 Å². The first-order valence-corrected chi connectivity index (χ1v) is 6.16. The van der Waals surface area contributed by atoms with Gasteiger partial charge in [0.1, 0.15) is 5.75 Å². The predicted octanol–water partition coefficient (Wildman–Crippen LogP) is 3.18. The highest BCUT2D eigenvalue weighted by atomic mass is 16.5. The van der Waals surface area contributed by atoms with E-state index in [0.717, 1.165) is 34.4 Å². The van der Waals surface area contributed by atoms with E-state index < -0.39 is 0 Å². The van der Waals surface area contributed by atoms with Crippen LogP contribution in [-0.2, 0) is 6.54 Å². The average Bonchev–Trinajstić information content (AvgIpc) is 2.93. The topological polar surface area (TPSA) is 49.9 Å². The molecule has 96 valence electrons. The number of nitrogens with one attached hydrogen (secondary N) is 2. The molecule has 4 nitrogen and oxygen atoms in total. The Kier molecular flexibility index (Phi) is 3.06. The number of aromatic amines is 1. The van der Waals surface area contributed by atoms with Crippen molar-refractivity contribution in [3.63, 3.8) is 0 Å². The first kappa shape index (κ1) is 11.6. The van der Waals surface area contributed by atoms with E-state index >= 15 is 0 Å². The van der Waals surface area contributed by atoms with Crippen molar-refractivity contribution in [2.75, 3.05) is 12.4 Å². The summed E-state index contributed by atoms with van der Waals surface area (Å²) in [4.78, 5) is 0. The minimum atomic E-state index is 0.730. The molecule has 0 unspecified atom stereocenters. The fourth-order valence-electron chi connectivity index (χ4n) is 2.10. The van der Waals surface area contributed by atoms with Gasteiger partial charge in [-0.05, 0) is 24.3 Å². The van der Waals surface area contributed by atoms with Crippen LogP contribution in [0.1, 0.15) is 5.56 Å².